The van der Waals surface area contributed by atoms with Crippen LogP contribution in [0.15, 0.2) is 0 Å². The van der Waals surface area contributed by atoms with Gasteiger partial charge in [0.25, 0.3) is 0 Å². The summed E-state index contributed by atoms with van der Waals surface area (Å²) in [6.07, 6.45) is 6.46. The first-order valence-corrected chi connectivity index (χ1v) is 6.12. The molecule has 15 heavy (non-hydrogen) atoms. The minimum absolute atomic E-state index is 0.342. The van der Waals surface area contributed by atoms with Crippen molar-refractivity contribution in [3.63, 3.8) is 0 Å². The highest BCUT2D eigenvalue weighted by Gasteiger charge is 2.24. The van der Waals surface area contributed by atoms with Gasteiger partial charge in [-0.15, -0.1) is 0 Å². The van der Waals surface area contributed by atoms with Gasteiger partial charge in [0.2, 0.25) is 0 Å². The van der Waals surface area contributed by atoms with Gasteiger partial charge in [-0.05, 0) is 25.2 Å². The first-order chi connectivity index (χ1) is 7.13. The molecule has 1 fully saturated rings. The van der Waals surface area contributed by atoms with Crippen molar-refractivity contribution in [2.24, 2.45) is 5.92 Å². The van der Waals surface area contributed by atoms with Gasteiger partial charge in [0.15, 0.2) is 0 Å². The van der Waals surface area contributed by atoms with Gasteiger partial charge in [-0.1, -0.05) is 33.1 Å². The monoisotopic (exact) mass is 213 g/mol. The molecule has 0 spiro atoms. The Morgan fingerprint density at radius 2 is 2.27 bits per heavy atom. The van der Waals surface area contributed by atoms with E-state index in [2.05, 4.69) is 12.2 Å². The molecule has 1 aliphatic rings. The normalized spacial score (nSPS) is 28.7. The lowest BCUT2D eigenvalue weighted by Gasteiger charge is -2.30. The summed E-state index contributed by atoms with van der Waals surface area (Å²) < 4.78 is 0. The van der Waals surface area contributed by atoms with Crippen LogP contribution in [0.5, 0.6) is 0 Å². The van der Waals surface area contributed by atoms with Crippen LogP contribution in [0.25, 0.3) is 0 Å². The van der Waals surface area contributed by atoms with E-state index in [0.29, 0.717) is 6.04 Å². The Balaban J connectivity index is 2.39. The van der Waals surface area contributed by atoms with Gasteiger partial charge in [-0.2, -0.15) is 0 Å². The molecular formula is C12H23NO2. The first kappa shape index (κ1) is 12.5. The van der Waals surface area contributed by atoms with Crippen molar-refractivity contribution < 1.29 is 9.90 Å². The highest BCUT2D eigenvalue weighted by molar-refractivity contribution is 5.73. The van der Waals surface area contributed by atoms with E-state index in [1.165, 1.54) is 12.8 Å². The Morgan fingerprint density at radius 1 is 1.53 bits per heavy atom. The second kappa shape index (κ2) is 6.11. The Bertz CT molecular complexity index is 206. The van der Waals surface area contributed by atoms with E-state index in [0.717, 1.165) is 31.6 Å². The number of hydrogen-bond acceptors (Lipinski definition) is 2. The minimum atomic E-state index is -0.699. The van der Waals surface area contributed by atoms with Crippen molar-refractivity contribution in [1.29, 1.82) is 0 Å². The average molecular weight is 213 g/mol. The maximum atomic E-state index is 11.0. The van der Waals surface area contributed by atoms with E-state index in [-0.39, 0.29) is 6.04 Å². The molecule has 0 heterocycles. The van der Waals surface area contributed by atoms with Crippen molar-refractivity contribution >= 4 is 5.97 Å². The Hall–Kier alpha value is -0.570. The first-order valence-electron chi connectivity index (χ1n) is 6.12. The summed E-state index contributed by atoms with van der Waals surface area (Å²) in [5, 5.41) is 12.3. The van der Waals surface area contributed by atoms with Crippen molar-refractivity contribution in [3.8, 4) is 0 Å². The van der Waals surface area contributed by atoms with Gasteiger partial charge in [0.05, 0.1) is 0 Å². The fourth-order valence-corrected chi connectivity index (χ4v) is 2.44. The molecule has 0 aromatic rings. The van der Waals surface area contributed by atoms with Crippen LogP contribution in [0, 0.1) is 5.92 Å². The van der Waals surface area contributed by atoms with Crippen LogP contribution < -0.4 is 5.32 Å². The molecule has 1 aliphatic carbocycles. The van der Waals surface area contributed by atoms with Crippen molar-refractivity contribution in [1.82, 2.24) is 5.32 Å². The summed E-state index contributed by atoms with van der Waals surface area (Å²) in [6, 6.07) is 0.0756. The molecule has 0 bridgehead atoms. The summed E-state index contributed by atoms with van der Waals surface area (Å²) >= 11 is 0. The van der Waals surface area contributed by atoms with Crippen LogP contribution in [0.2, 0.25) is 0 Å². The molecule has 0 aromatic heterocycles. The summed E-state index contributed by atoms with van der Waals surface area (Å²) in [5.74, 6) is 0.0439. The second-order valence-electron chi connectivity index (χ2n) is 4.81. The predicted octanol–water partition coefficient (Wildman–Crippen LogP) is 2.41. The number of nitrogens with one attached hydrogen (secondary N) is 1. The summed E-state index contributed by atoms with van der Waals surface area (Å²) in [6.45, 7) is 4.28. The molecule has 0 aromatic carbocycles. The summed E-state index contributed by atoms with van der Waals surface area (Å²) in [7, 11) is 0. The SMILES string of the molecule is CCCC(NC1CCCC(C)C1)C(=O)O. The number of rotatable bonds is 5. The Kier molecular flexibility index (Phi) is 5.09. The van der Waals surface area contributed by atoms with Gasteiger partial charge in [-0.3, -0.25) is 4.79 Å². The lowest BCUT2D eigenvalue weighted by atomic mass is 9.86. The zero-order valence-electron chi connectivity index (χ0n) is 9.83. The maximum Gasteiger partial charge on any atom is 0.320 e. The van der Waals surface area contributed by atoms with Gasteiger partial charge < -0.3 is 10.4 Å². The number of aliphatic carboxylic acids is 1. The number of carboxylic acid groups (broad SMARTS) is 1. The molecule has 0 aliphatic heterocycles. The van der Waals surface area contributed by atoms with E-state index in [4.69, 9.17) is 5.11 Å². The van der Waals surface area contributed by atoms with Crippen LogP contribution >= 0.6 is 0 Å². The van der Waals surface area contributed by atoms with E-state index in [9.17, 15) is 4.79 Å². The predicted molar refractivity (Wildman–Crippen MR) is 60.9 cm³/mol. The third-order valence-corrected chi connectivity index (χ3v) is 3.25. The van der Waals surface area contributed by atoms with Crippen LogP contribution in [0.1, 0.15) is 52.4 Å². The molecule has 3 atom stereocenters. The molecule has 3 nitrogen and oxygen atoms in total. The Morgan fingerprint density at radius 3 is 2.80 bits per heavy atom. The number of carbonyl (C=O) groups is 1. The van der Waals surface area contributed by atoms with E-state index in [1.807, 2.05) is 6.92 Å². The van der Waals surface area contributed by atoms with Crippen LogP contribution in [-0.2, 0) is 4.79 Å². The quantitative estimate of drug-likeness (QED) is 0.737. The zero-order valence-corrected chi connectivity index (χ0v) is 9.83. The lowest BCUT2D eigenvalue weighted by Crippen LogP contribution is -2.45. The van der Waals surface area contributed by atoms with Gasteiger partial charge in [0, 0.05) is 6.04 Å². The summed E-state index contributed by atoms with van der Waals surface area (Å²) in [4.78, 5) is 11.0. The molecule has 2 N–H and O–H groups in total. The van der Waals surface area contributed by atoms with Crippen LogP contribution in [-0.4, -0.2) is 23.2 Å². The van der Waals surface area contributed by atoms with E-state index >= 15 is 0 Å². The standard InChI is InChI=1S/C12H23NO2/c1-3-5-11(12(14)15)13-10-7-4-6-9(2)8-10/h9-11,13H,3-8H2,1-2H3,(H,14,15). The fraction of sp³-hybridized carbons (Fsp3) is 0.917. The Labute approximate surface area is 92.3 Å². The molecule has 0 amide bonds. The molecule has 88 valence electrons. The lowest BCUT2D eigenvalue weighted by molar-refractivity contribution is -0.140. The van der Waals surface area contributed by atoms with E-state index in [1.54, 1.807) is 0 Å². The third-order valence-electron chi connectivity index (χ3n) is 3.25. The van der Waals surface area contributed by atoms with E-state index < -0.39 is 5.97 Å². The molecule has 0 saturated heterocycles. The largest absolute Gasteiger partial charge is 0.480 e. The molecule has 1 saturated carbocycles. The molecule has 3 unspecified atom stereocenters. The zero-order chi connectivity index (χ0) is 11.3. The molecule has 3 heteroatoms. The second-order valence-corrected chi connectivity index (χ2v) is 4.81. The molecular weight excluding hydrogens is 190 g/mol. The highest BCUT2D eigenvalue weighted by atomic mass is 16.4. The third kappa shape index (κ3) is 4.20. The number of carboxylic acids is 1. The van der Waals surface area contributed by atoms with Crippen LogP contribution in [0.4, 0.5) is 0 Å². The topological polar surface area (TPSA) is 49.3 Å². The smallest absolute Gasteiger partial charge is 0.320 e. The molecule has 1 rings (SSSR count). The molecule has 0 radical (unpaired) electrons. The number of hydrogen-bond donors (Lipinski definition) is 2. The van der Waals surface area contributed by atoms with Gasteiger partial charge in [-0.25, -0.2) is 0 Å². The fourth-order valence-electron chi connectivity index (χ4n) is 2.44. The van der Waals surface area contributed by atoms with Crippen molar-refractivity contribution in [2.75, 3.05) is 0 Å². The highest BCUT2D eigenvalue weighted by Crippen LogP contribution is 2.24. The van der Waals surface area contributed by atoms with Gasteiger partial charge >= 0.3 is 5.97 Å². The maximum absolute atomic E-state index is 11.0. The van der Waals surface area contributed by atoms with Gasteiger partial charge in [0.1, 0.15) is 6.04 Å². The van der Waals surface area contributed by atoms with Crippen molar-refractivity contribution in [2.45, 2.75) is 64.5 Å². The van der Waals surface area contributed by atoms with Crippen molar-refractivity contribution in [3.05, 3.63) is 0 Å². The van der Waals surface area contributed by atoms with Crippen LogP contribution in [0.3, 0.4) is 0 Å². The average Bonchev–Trinajstić information content (AvgIpc) is 2.17. The summed E-state index contributed by atoms with van der Waals surface area (Å²) in [5.41, 5.74) is 0. The minimum Gasteiger partial charge on any atom is -0.480 e.